The molecule has 162 valence electrons. The van der Waals surface area contributed by atoms with Crippen molar-refractivity contribution in [3.05, 3.63) is 71.5 Å². The van der Waals surface area contributed by atoms with E-state index in [-0.39, 0.29) is 30.2 Å². The molecule has 0 radical (unpaired) electrons. The molecule has 9 heteroatoms. The standard InChI is InChI=1S/C22H23ClN4O3S/c1-15(2)30-21(29)12-19(16-7-4-3-5-8-16)25-20(28)13-31-22-26-24-14-27(22)18-10-6-9-17(23)11-18/h3-11,14-15,19H,12-13H2,1-2H3,(H,25,28). The molecular weight excluding hydrogens is 436 g/mol. The fourth-order valence-electron chi connectivity index (χ4n) is 2.91. The summed E-state index contributed by atoms with van der Waals surface area (Å²) in [6, 6.07) is 16.2. The lowest BCUT2D eigenvalue weighted by Crippen LogP contribution is -2.32. The van der Waals surface area contributed by atoms with Crippen molar-refractivity contribution in [1.82, 2.24) is 20.1 Å². The average Bonchev–Trinajstić information content (AvgIpc) is 3.20. The number of ether oxygens (including phenoxy) is 1. The third-order valence-corrected chi connectivity index (χ3v) is 5.39. The van der Waals surface area contributed by atoms with Gasteiger partial charge in [0.15, 0.2) is 5.16 Å². The summed E-state index contributed by atoms with van der Waals surface area (Å²) < 4.78 is 7.01. The van der Waals surface area contributed by atoms with Gasteiger partial charge in [0.05, 0.1) is 30.0 Å². The number of carbonyl (C=O) groups excluding carboxylic acids is 2. The molecule has 1 unspecified atom stereocenters. The molecule has 31 heavy (non-hydrogen) atoms. The van der Waals surface area contributed by atoms with Crippen LogP contribution >= 0.6 is 23.4 Å². The summed E-state index contributed by atoms with van der Waals surface area (Å²) >= 11 is 7.31. The number of benzene rings is 2. The lowest BCUT2D eigenvalue weighted by molar-refractivity contribution is -0.148. The van der Waals surface area contributed by atoms with Crippen molar-refractivity contribution in [2.24, 2.45) is 0 Å². The van der Waals surface area contributed by atoms with Crippen molar-refractivity contribution in [2.75, 3.05) is 5.75 Å². The normalized spacial score (nSPS) is 11.9. The number of aromatic nitrogens is 3. The lowest BCUT2D eigenvalue weighted by Gasteiger charge is -2.19. The van der Waals surface area contributed by atoms with Gasteiger partial charge >= 0.3 is 5.97 Å². The quantitative estimate of drug-likeness (QED) is 0.382. The summed E-state index contributed by atoms with van der Waals surface area (Å²) in [6.45, 7) is 3.58. The molecule has 3 aromatic rings. The third kappa shape index (κ3) is 6.83. The molecular formula is C22H23ClN4O3S. The summed E-state index contributed by atoms with van der Waals surface area (Å²) in [5.41, 5.74) is 1.64. The Labute approximate surface area is 190 Å². The smallest absolute Gasteiger partial charge is 0.308 e. The van der Waals surface area contributed by atoms with E-state index >= 15 is 0 Å². The highest BCUT2D eigenvalue weighted by Crippen LogP contribution is 2.23. The number of halogens is 1. The molecule has 3 rings (SSSR count). The number of esters is 1. The van der Waals surface area contributed by atoms with Gasteiger partial charge in [0.1, 0.15) is 6.33 Å². The first-order chi connectivity index (χ1) is 14.9. The van der Waals surface area contributed by atoms with Gasteiger partial charge in [-0.25, -0.2) is 0 Å². The number of hydrogen-bond acceptors (Lipinski definition) is 6. The summed E-state index contributed by atoms with van der Waals surface area (Å²) in [4.78, 5) is 24.8. The molecule has 0 saturated carbocycles. The van der Waals surface area contributed by atoms with E-state index in [1.807, 2.05) is 42.5 Å². The zero-order valence-corrected chi connectivity index (χ0v) is 18.8. The second kappa shape index (κ2) is 11.0. The third-order valence-electron chi connectivity index (χ3n) is 4.21. The minimum atomic E-state index is -0.480. The zero-order valence-electron chi connectivity index (χ0n) is 17.2. The SMILES string of the molecule is CC(C)OC(=O)CC(NC(=O)CSc1nncn1-c1cccc(Cl)c1)c1ccccc1. The van der Waals surface area contributed by atoms with Gasteiger partial charge in [-0.05, 0) is 37.6 Å². The Bertz CT molecular complexity index is 1030. The predicted octanol–water partition coefficient (Wildman–Crippen LogP) is 4.21. The van der Waals surface area contributed by atoms with Gasteiger partial charge in [0, 0.05) is 5.02 Å². The minimum absolute atomic E-state index is 0.0529. The molecule has 0 spiro atoms. The van der Waals surface area contributed by atoms with Crippen LogP contribution in [0.5, 0.6) is 0 Å². The number of amides is 1. The fraction of sp³-hybridized carbons (Fsp3) is 0.273. The predicted molar refractivity (Wildman–Crippen MR) is 120 cm³/mol. The molecule has 1 aromatic heterocycles. The molecule has 1 amide bonds. The van der Waals surface area contributed by atoms with Crippen molar-refractivity contribution in [3.8, 4) is 5.69 Å². The van der Waals surface area contributed by atoms with Crippen LogP contribution in [0, 0.1) is 0 Å². The number of rotatable bonds is 9. The van der Waals surface area contributed by atoms with Crippen LogP contribution < -0.4 is 5.32 Å². The first kappa shape index (κ1) is 22.8. The largest absolute Gasteiger partial charge is 0.463 e. The molecule has 0 bridgehead atoms. The highest BCUT2D eigenvalue weighted by Gasteiger charge is 2.20. The summed E-state index contributed by atoms with van der Waals surface area (Å²) in [5.74, 6) is -0.476. The van der Waals surface area contributed by atoms with E-state index in [0.717, 1.165) is 11.3 Å². The van der Waals surface area contributed by atoms with E-state index in [2.05, 4.69) is 15.5 Å². The number of thioether (sulfide) groups is 1. The topological polar surface area (TPSA) is 86.1 Å². The average molecular weight is 459 g/mol. The molecule has 0 fully saturated rings. The van der Waals surface area contributed by atoms with E-state index in [0.29, 0.717) is 10.2 Å². The molecule has 2 aromatic carbocycles. The molecule has 0 saturated heterocycles. The van der Waals surface area contributed by atoms with Crippen LogP contribution in [0.25, 0.3) is 5.69 Å². The van der Waals surface area contributed by atoms with E-state index in [9.17, 15) is 9.59 Å². The van der Waals surface area contributed by atoms with Crippen molar-refractivity contribution in [3.63, 3.8) is 0 Å². The van der Waals surface area contributed by atoms with Crippen molar-refractivity contribution in [1.29, 1.82) is 0 Å². The van der Waals surface area contributed by atoms with Crippen LogP contribution in [0.3, 0.4) is 0 Å². The number of nitrogens with zero attached hydrogens (tertiary/aromatic N) is 3. The van der Waals surface area contributed by atoms with Gasteiger partial charge in [-0.15, -0.1) is 10.2 Å². The zero-order chi connectivity index (χ0) is 22.2. The van der Waals surface area contributed by atoms with Crippen molar-refractivity contribution < 1.29 is 14.3 Å². The summed E-state index contributed by atoms with van der Waals surface area (Å²) in [5, 5.41) is 12.1. The Morgan fingerprint density at radius 1 is 1.16 bits per heavy atom. The van der Waals surface area contributed by atoms with Gasteiger partial charge in [0.2, 0.25) is 5.91 Å². The van der Waals surface area contributed by atoms with Gasteiger partial charge in [-0.1, -0.05) is 59.8 Å². The number of hydrogen-bond donors (Lipinski definition) is 1. The molecule has 7 nitrogen and oxygen atoms in total. The summed E-state index contributed by atoms with van der Waals surface area (Å²) in [6.07, 6.45) is 1.41. The maximum Gasteiger partial charge on any atom is 0.308 e. The first-order valence-electron chi connectivity index (χ1n) is 9.75. The van der Waals surface area contributed by atoms with Crippen LogP contribution in [0.15, 0.2) is 66.1 Å². The van der Waals surface area contributed by atoms with Crippen LogP contribution in [0.2, 0.25) is 5.02 Å². The monoisotopic (exact) mass is 458 g/mol. The van der Waals surface area contributed by atoms with Crippen molar-refractivity contribution in [2.45, 2.75) is 37.6 Å². The lowest BCUT2D eigenvalue weighted by atomic mass is 10.0. The highest BCUT2D eigenvalue weighted by molar-refractivity contribution is 7.99. The maximum absolute atomic E-state index is 12.7. The molecule has 1 atom stereocenters. The van der Waals surface area contributed by atoms with Crippen LogP contribution in [0.4, 0.5) is 0 Å². The Hall–Kier alpha value is -2.84. The van der Waals surface area contributed by atoms with Crippen LogP contribution in [0.1, 0.15) is 31.9 Å². The number of carbonyl (C=O) groups is 2. The molecule has 1 N–H and O–H groups in total. The van der Waals surface area contributed by atoms with Gasteiger partial charge in [0.25, 0.3) is 0 Å². The van der Waals surface area contributed by atoms with E-state index in [4.69, 9.17) is 16.3 Å². The number of nitrogens with one attached hydrogen (secondary N) is 1. The van der Waals surface area contributed by atoms with Crippen LogP contribution in [-0.2, 0) is 14.3 Å². The Morgan fingerprint density at radius 3 is 2.65 bits per heavy atom. The molecule has 0 aliphatic rings. The first-order valence-corrected chi connectivity index (χ1v) is 11.1. The van der Waals surface area contributed by atoms with Gasteiger partial charge in [-0.2, -0.15) is 0 Å². The van der Waals surface area contributed by atoms with E-state index in [1.165, 1.54) is 11.8 Å². The molecule has 0 aliphatic heterocycles. The molecule has 1 heterocycles. The van der Waals surface area contributed by atoms with Gasteiger partial charge in [-0.3, -0.25) is 14.2 Å². The fourth-order valence-corrected chi connectivity index (χ4v) is 3.83. The minimum Gasteiger partial charge on any atom is -0.463 e. The van der Waals surface area contributed by atoms with Crippen LogP contribution in [-0.4, -0.2) is 38.5 Å². The highest BCUT2D eigenvalue weighted by atomic mass is 35.5. The van der Waals surface area contributed by atoms with E-state index in [1.54, 1.807) is 36.9 Å². The Balaban J connectivity index is 1.65. The summed E-state index contributed by atoms with van der Waals surface area (Å²) in [7, 11) is 0. The van der Waals surface area contributed by atoms with Gasteiger partial charge < -0.3 is 10.1 Å². The van der Waals surface area contributed by atoms with E-state index < -0.39 is 6.04 Å². The Morgan fingerprint density at radius 2 is 1.94 bits per heavy atom. The molecule has 0 aliphatic carbocycles. The maximum atomic E-state index is 12.7. The second-order valence-electron chi connectivity index (χ2n) is 7.03. The van der Waals surface area contributed by atoms with Crippen molar-refractivity contribution >= 4 is 35.2 Å². The Kier molecular flexibility index (Phi) is 8.08. The second-order valence-corrected chi connectivity index (χ2v) is 8.40.